The molecule has 0 atom stereocenters. The fourth-order valence-electron chi connectivity index (χ4n) is 3.01. The predicted octanol–water partition coefficient (Wildman–Crippen LogP) is 5.00. The van der Waals surface area contributed by atoms with Gasteiger partial charge in [0.2, 0.25) is 5.91 Å². The molecule has 1 N–H and O–H groups in total. The molecule has 0 saturated heterocycles. The second kappa shape index (κ2) is 9.34. The molecule has 1 heterocycles. The molecule has 0 unspecified atom stereocenters. The molecule has 0 aliphatic carbocycles. The molecule has 2 aromatic carbocycles. The largest absolute Gasteiger partial charge is 0.497 e. The standard InChI is InChI=1S/C23H28N4O2S/c1-6-27-21(16-7-13-19(29-5)14-8-16)25-26-22(27)30-15-20(28)24-18-11-9-17(10-12-18)23(2,3)4/h7-14H,6,15H2,1-5H3,(H,24,28). The summed E-state index contributed by atoms with van der Waals surface area (Å²) < 4.78 is 7.22. The number of aromatic nitrogens is 3. The zero-order chi connectivity index (χ0) is 21.7. The summed E-state index contributed by atoms with van der Waals surface area (Å²) in [7, 11) is 1.64. The molecule has 3 aromatic rings. The van der Waals surface area contributed by atoms with Crippen molar-refractivity contribution >= 4 is 23.4 Å². The highest BCUT2D eigenvalue weighted by Crippen LogP contribution is 2.26. The van der Waals surface area contributed by atoms with E-state index >= 15 is 0 Å². The molecule has 1 aromatic heterocycles. The van der Waals surface area contributed by atoms with Crippen LogP contribution in [0.1, 0.15) is 33.3 Å². The Kier molecular flexibility index (Phi) is 6.82. The second-order valence-corrected chi connectivity index (χ2v) is 8.89. The monoisotopic (exact) mass is 424 g/mol. The van der Waals surface area contributed by atoms with Crippen LogP contribution in [0.3, 0.4) is 0 Å². The topological polar surface area (TPSA) is 69.0 Å². The van der Waals surface area contributed by atoms with E-state index in [1.165, 1.54) is 17.3 Å². The lowest BCUT2D eigenvalue weighted by Gasteiger charge is -2.19. The third-order valence-corrected chi connectivity index (χ3v) is 5.72. The van der Waals surface area contributed by atoms with Gasteiger partial charge in [-0.15, -0.1) is 10.2 Å². The van der Waals surface area contributed by atoms with Crippen LogP contribution in [-0.4, -0.2) is 33.5 Å². The number of hydrogen-bond donors (Lipinski definition) is 1. The van der Waals surface area contributed by atoms with Gasteiger partial charge in [-0.3, -0.25) is 4.79 Å². The number of thioether (sulfide) groups is 1. The van der Waals surface area contributed by atoms with Gasteiger partial charge in [0.1, 0.15) is 5.75 Å². The van der Waals surface area contributed by atoms with Crippen molar-refractivity contribution < 1.29 is 9.53 Å². The molecule has 3 rings (SSSR count). The summed E-state index contributed by atoms with van der Waals surface area (Å²) in [6.07, 6.45) is 0. The van der Waals surface area contributed by atoms with Crippen LogP contribution < -0.4 is 10.1 Å². The van der Waals surface area contributed by atoms with Crippen LogP contribution in [0.4, 0.5) is 5.69 Å². The van der Waals surface area contributed by atoms with Crippen molar-refractivity contribution in [1.82, 2.24) is 14.8 Å². The zero-order valence-corrected chi connectivity index (χ0v) is 18.9. The van der Waals surface area contributed by atoms with E-state index in [-0.39, 0.29) is 17.1 Å². The third-order valence-electron chi connectivity index (χ3n) is 4.75. The highest BCUT2D eigenvalue weighted by Gasteiger charge is 2.16. The molecular formula is C23H28N4O2S. The van der Waals surface area contributed by atoms with E-state index in [1.807, 2.05) is 47.9 Å². The van der Waals surface area contributed by atoms with E-state index in [1.54, 1.807) is 7.11 Å². The molecule has 0 saturated carbocycles. The number of carbonyl (C=O) groups excluding carboxylic acids is 1. The third kappa shape index (κ3) is 5.21. The smallest absolute Gasteiger partial charge is 0.234 e. The molecule has 0 aliphatic heterocycles. The molecule has 0 radical (unpaired) electrons. The second-order valence-electron chi connectivity index (χ2n) is 7.94. The first-order valence-electron chi connectivity index (χ1n) is 9.92. The van der Waals surface area contributed by atoms with Gasteiger partial charge in [0, 0.05) is 17.8 Å². The van der Waals surface area contributed by atoms with Gasteiger partial charge < -0.3 is 14.6 Å². The van der Waals surface area contributed by atoms with Gasteiger partial charge in [-0.05, 0) is 54.3 Å². The summed E-state index contributed by atoms with van der Waals surface area (Å²) in [5.41, 5.74) is 3.08. The molecule has 30 heavy (non-hydrogen) atoms. The molecule has 6 nitrogen and oxygen atoms in total. The lowest BCUT2D eigenvalue weighted by atomic mass is 9.87. The number of nitrogens with one attached hydrogen (secondary N) is 1. The van der Waals surface area contributed by atoms with Crippen LogP contribution >= 0.6 is 11.8 Å². The number of carbonyl (C=O) groups is 1. The molecule has 0 fully saturated rings. The number of hydrogen-bond acceptors (Lipinski definition) is 5. The fourth-order valence-corrected chi connectivity index (χ4v) is 3.82. The Morgan fingerprint density at radius 2 is 1.73 bits per heavy atom. The van der Waals surface area contributed by atoms with Crippen LogP contribution in [0.25, 0.3) is 11.4 Å². The molecule has 0 aliphatic rings. The van der Waals surface area contributed by atoms with Crippen molar-refractivity contribution in [2.24, 2.45) is 0 Å². The van der Waals surface area contributed by atoms with E-state index < -0.39 is 0 Å². The summed E-state index contributed by atoms with van der Waals surface area (Å²) >= 11 is 1.38. The van der Waals surface area contributed by atoms with Gasteiger partial charge in [0.05, 0.1) is 12.9 Å². The van der Waals surface area contributed by atoms with Crippen LogP contribution in [0.15, 0.2) is 53.7 Å². The van der Waals surface area contributed by atoms with Crippen molar-refractivity contribution in [3.8, 4) is 17.1 Å². The number of benzene rings is 2. The highest BCUT2D eigenvalue weighted by atomic mass is 32.2. The van der Waals surface area contributed by atoms with E-state index in [2.05, 4.69) is 48.4 Å². The van der Waals surface area contributed by atoms with Crippen LogP contribution in [-0.2, 0) is 16.8 Å². The van der Waals surface area contributed by atoms with Crippen molar-refractivity contribution in [3.05, 3.63) is 54.1 Å². The molecule has 7 heteroatoms. The number of rotatable bonds is 7. The van der Waals surface area contributed by atoms with Crippen LogP contribution in [0.2, 0.25) is 0 Å². The first kappa shape index (κ1) is 21.9. The lowest BCUT2D eigenvalue weighted by molar-refractivity contribution is -0.113. The summed E-state index contributed by atoms with van der Waals surface area (Å²) in [5.74, 6) is 1.77. The van der Waals surface area contributed by atoms with E-state index in [9.17, 15) is 4.79 Å². The first-order chi connectivity index (χ1) is 14.3. The Balaban J connectivity index is 1.64. The number of methoxy groups -OCH3 is 1. The Bertz CT molecular complexity index is 990. The maximum Gasteiger partial charge on any atom is 0.234 e. The Hall–Kier alpha value is -2.80. The Morgan fingerprint density at radius 3 is 2.30 bits per heavy atom. The molecule has 0 spiro atoms. The number of ether oxygens (including phenoxy) is 1. The number of anilines is 1. The average molecular weight is 425 g/mol. The minimum Gasteiger partial charge on any atom is -0.497 e. The van der Waals surface area contributed by atoms with Gasteiger partial charge in [-0.25, -0.2) is 0 Å². The summed E-state index contributed by atoms with van der Waals surface area (Å²) in [6.45, 7) is 9.26. The van der Waals surface area contributed by atoms with Crippen molar-refractivity contribution in [1.29, 1.82) is 0 Å². The SMILES string of the molecule is CCn1c(SCC(=O)Nc2ccc(C(C)(C)C)cc2)nnc1-c1ccc(OC)cc1. The van der Waals surface area contributed by atoms with Crippen molar-refractivity contribution in [2.45, 2.75) is 44.8 Å². The minimum atomic E-state index is -0.0693. The van der Waals surface area contributed by atoms with Crippen molar-refractivity contribution in [2.75, 3.05) is 18.2 Å². The van der Waals surface area contributed by atoms with Gasteiger partial charge in [-0.2, -0.15) is 0 Å². The average Bonchev–Trinajstić information content (AvgIpc) is 3.15. The maximum atomic E-state index is 12.4. The highest BCUT2D eigenvalue weighted by molar-refractivity contribution is 7.99. The number of amides is 1. The lowest BCUT2D eigenvalue weighted by Crippen LogP contribution is -2.15. The van der Waals surface area contributed by atoms with E-state index in [0.717, 1.165) is 28.0 Å². The minimum absolute atomic E-state index is 0.0693. The van der Waals surface area contributed by atoms with Gasteiger partial charge in [0.25, 0.3) is 0 Å². The summed E-state index contributed by atoms with van der Waals surface area (Å²) in [5, 5.41) is 12.3. The first-order valence-corrected chi connectivity index (χ1v) is 10.9. The van der Waals surface area contributed by atoms with E-state index in [0.29, 0.717) is 6.54 Å². The van der Waals surface area contributed by atoms with Crippen LogP contribution in [0.5, 0.6) is 5.75 Å². The predicted molar refractivity (Wildman–Crippen MR) is 122 cm³/mol. The number of nitrogens with zero attached hydrogens (tertiary/aromatic N) is 3. The molecule has 1 amide bonds. The Labute approximate surface area is 182 Å². The molecule has 158 valence electrons. The quantitative estimate of drug-likeness (QED) is 0.541. The van der Waals surface area contributed by atoms with Gasteiger partial charge in [-0.1, -0.05) is 44.7 Å². The maximum absolute atomic E-state index is 12.4. The van der Waals surface area contributed by atoms with Gasteiger partial charge in [0.15, 0.2) is 11.0 Å². The van der Waals surface area contributed by atoms with Crippen LogP contribution in [0, 0.1) is 0 Å². The van der Waals surface area contributed by atoms with Gasteiger partial charge >= 0.3 is 0 Å². The van der Waals surface area contributed by atoms with Crippen molar-refractivity contribution in [3.63, 3.8) is 0 Å². The molecular weight excluding hydrogens is 396 g/mol. The van der Waals surface area contributed by atoms with E-state index in [4.69, 9.17) is 4.74 Å². The fraction of sp³-hybridized carbons (Fsp3) is 0.348. The Morgan fingerprint density at radius 1 is 1.07 bits per heavy atom. The summed E-state index contributed by atoms with van der Waals surface area (Å²) in [4.78, 5) is 12.4. The summed E-state index contributed by atoms with van der Waals surface area (Å²) in [6, 6.07) is 15.7. The normalized spacial score (nSPS) is 11.4. The molecule has 0 bridgehead atoms. The zero-order valence-electron chi connectivity index (χ0n) is 18.1.